The molecule has 0 radical (unpaired) electrons. The van der Waals surface area contributed by atoms with E-state index < -0.39 is 33.3 Å². The van der Waals surface area contributed by atoms with E-state index in [1.807, 2.05) is 0 Å². The predicted molar refractivity (Wildman–Crippen MR) is 80.8 cm³/mol. The van der Waals surface area contributed by atoms with Crippen LogP contribution in [0.3, 0.4) is 0 Å². The largest absolute Gasteiger partial charge is 0.534 e. The number of hydrogen-bond acceptors (Lipinski definition) is 5. The second kappa shape index (κ2) is 7.69. The van der Waals surface area contributed by atoms with Crippen molar-refractivity contribution in [2.24, 2.45) is 5.92 Å². The zero-order valence-electron chi connectivity index (χ0n) is 13.1. The fourth-order valence-corrected chi connectivity index (χ4v) is 2.45. The second-order valence-corrected chi connectivity index (χ2v) is 6.58. The van der Waals surface area contributed by atoms with Gasteiger partial charge in [-0.3, -0.25) is 4.79 Å². The van der Waals surface area contributed by atoms with Crippen molar-refractivity contribution in [2.75, 3.05) is 7.11 Å². The van der Waals surface area contributed by atoms with Gasteiger partial charge in [0, 0.05) is 0 Å². The molecule has 9 heteroatoms. The first-order valence-electron chi connectivity index (χ1n) is 6.83. The van der Waals surface area contributed by atoms with Crippen LogP contribution in [0.15, 0.2) is 30.9 Å². The number of esters is 1. The van der Waals surface area contributed by atoms with Crippen LogP contribution < -0.4 is 4.18 Å². The van der Waals surface area contributed by atoms with Crippen molar-refractivity contribution in [1.29, 1.82) is 0 Å². The van der Waals surface area contributed by atoms with Gasteiger partial charge in [0.15, 0.2) is 0 Å². The highest BCUT2D eigenvalue weighted by molar-refractivity contribution is 7.88. The van der Waals surface area contributed by atoms with Crippen LogP contribution in [0.2, 0.25) is 0 Å². The van der Waals surface area contributed by atoms with E-state index in [-0.39, 0.29) is 18.4 Å². The molecule has 0 bridgehead atoms. The van der Waals surface area contributed by atoms with E-state index in [1.54, 1.807) is 6.92 Å². The van der Waals surface area contributed by atoms with Crippen LogP contribution >= 0.6 is 0 Å². The summed E-state index contributed by atoms with van der Waals surface area (Å²) in [5, 5.41) is 0. The lowest BCUT2D eigenvalue weighted by molar-refractivity contribution is -0.144. The lowest BCUT2D eigenvalue weighted by atomic mass is 9.98. The van der Waals surface area contributed by atoms with E-state index in [0.717, 1.165) is 6.07 Å². The van der Waals surface area contributed by atoms with Gasteiger partial charge in [-0.25, -0.2) is 0 Å². The Kier molecular flexibility index (Phi) is 6.42. The SMILES string of the molecule is C=CCc1cc(CC(C)C(=O)OC)ccc1OS(=O)(=O)C(F)(F)F. The average molecular weight is 366 g/mol. The molecule has 0 heterocycles. The van der Waals surface area contributed by atoms with E-state index in [1.165, 1.54) is 25.3 Å². The Morgan fingerprint density at radius 3 is 2.50 bits per heavy atom. The summed E-state index contributed by atoms with van der Waals surface area (Å²) < 4.78 is 68.4. The molecule has 24 heavy (non-hydrogen) atoms. The van der Waals surface area contributed by atoms with Crippen LogP contribution in [0.4, 0.5) is 13.2 Å². The smallest absolute Gasteiger partial charge is 0.469 e. The van der Waals surface area contributed by atoms with E-state index in [0.29, 0.717) is 5.56 Å². The Morgan fingerprint density at radius 2 is 2.00 bits per heavy atom. The van der Waals surface area contributed by atoms with Crippen LogP contribution in [0, 0.1) is 5.92 Å². The quantitative estimate of drug-likeness (QED) is 0.321. The number of carbonyl (C=O) groups is 1. The summed E-state index contributed by atoms with van der Waals surface area (Å²) in [5.74, 6) is -1.32. The number of halogens is 3. The molecule has 0 aliphatic heterocycles. The van der Waals surface area contributed by atoms with Gasteiger partial charge in [-0.1, -0.05) is 25.1 Å². The molecule has 0 aliphatic rings. The van der Waals surface area contributed by atoms with E-state index in [4.69, 9.17) is 0 Å². The van der Waals surface area contributed by atoms with Gasteiger partial charge in [-0.05, 0) is 30.0 Å². The summed E-state index contributed by atoms with van der Waals surface area (Å²) in [6.45, 7) is 5.11. The van der Waals surface area contributed by atoms with E-state index >= 15 is 0 Å². The number of rotatable bonds is 7. The number of hydrogen-bond donors (Lipinski definition) is 0. The molecule has 1 rings (SSSR count). The molecule has 0 amide bonds. The molecule has 0 fully saturated rings. The van der Waals surface area contributed by atoms with Crippen molar-refractivity contribution >= 4 is 16.1 Å². The Labute approximate surface area is 138 Å². The van der Waals surface area contributed by atoms with Gasteiger partial charge in [0.25, 0.3) is 0 Å². The highest BCUT2D eigenvalue weighted by atomic mass is 32.2. The normalized spacial score (nSPS) is 13.2. The monoisotopic (exact) mass is 366 g/mol. The molecule has 0 saturated carbocycles. The molecule has 1 atom stereocenters. The van der Waals surface area contributed by atoms with Crippen molar-refractivity contribution < 1.29 is 35.3 Å². The van der Waals surface area contributed by atoms with Crippen LogP contribution in [0.1, 0.15) is 18.1 Å². The molecular weight excluding hydrogens is 349 g/mol. The molecule has 0 N–H and O–H groups in total. The summed E-state index contributed by atoms with van der Waals surface area (Å²) in [4.78, 5) is 11.4. The molecule has 134 valence electrons. The first-order valence-corrected chi connectivity index (χ1v) is 8.24. The summed E-state index contributed by atoms with van der Waals surface area (Å²) in [6.07, 6.45) is 1.78. The van der Waals surface area contributed by atoms with Gasteiger partial charge in [0.1, 0.15) is 5.75 Å². The number of methoxy groups -OCH3 is 1. The van der Waals surface area contributed by atoms with Gasteiger partial charge < -0.3 is 8.92 Å². The molecule has 1 aromatic rings. The first-order chi connectivity index (χ1) is 11.0. The minimum atomic E-state index is -5.75. The molecule has 1 aromatic carbocycles. The van der Waals surface area contributed by atoms with Crippen molar-refractivity contribution in [3.05, 3.63) is 42.0 Å². The van der Waals surface area contributed by atoms with Crippen LogP contribution in [0.5, 0.6) is 5.75 Å². The highest BCUT2D eigenvalue weighted by Gasteiger charge is 2.48. The highest BCUT2D eigenvalue weighted by Crippen LogP contribution is 2.30. The molecule has 0 aromatic heterocycles. The Morgan fingerprint density at radius 1 is 1.38 bits per heavy atom. The van der Waals surface area contributed by atoms with Gasteiger partial charge in [0.05, 0.1) is 13.0 Å². The van der Waals surface area contributed by atoms with Crippen molar-refractivity contribution in [2.45, 2.75) is 25.3 Å². The van der Waals surface area contributed by atoms with E-state index in [9.17, 15) is 26.4 Å². The maximum Gasteiger partial charge on any atom is 0.534 e. The summed E-state index contributed by atoms with van der Waals surface area (Å²) in [5.41, 5.74) is -4.68. The Balaban J connectivity index is 3.12. The Bertz CT molecular complexity index is 710. The fourth-order valence-electron chi connectivity index (χ4n) is 1.96. The number of carbonyl (C=O) groups excluding carboxylic acids is 1. The molecule has 0 spiro atoms. The average Bonchev–Trinajstić information content (AvgIpc) is 2.47. The predicted octanol–water partition coefficient (Wildman–Crippen LogP) is 3.00. The standard InChI is InChI=1S/C15H17F3O5S/c1-4-5-12-9-11(8-10(2)14(19)22-3)6-7-13(12)23-24(20,21)15(16,17)18/h4,6-7,9-10H,1,5,8H2,2-3H3. The molecule has 0 saturated heterocycles. The fraction of sp³-hybridized carbons (Fsp3) is 0.400. The lowest BCUT2D eigenvalue weighted by Crippen LogP contribution is -2.28. The van der Waals surface area contributed by atoms with Crippen LogP contribution in [-0.2, 0) is 32.5 Å². The third-order valence-electron chi connectivity index (χ3n) is 3.12. The summed E-state index contributed by atoms with van der Waals surface area (Å²) in [7, 11) is -4.50. The van der Waals surface area contributed by atoms with Gasteiger partial charge in [-0.2, -0.15) is 21.6 Å². The van der Waals surface area contributed by atoms with Crippen molar-refractivity contribution in [3.8, 4) is 5.75 Å². The van der Waals surface area contributed by atoms with Crippen LogP contribution in [-0.4, -0.2) is 27.0 Å². The van der Waals surface area contributed by atoms with Gasteiger partial charge in [-0.15, -0.1) is 6.58 Å². The number of ether oxygens (including phenoxy) is 1. The minimum absolute atomic E-state index is 0.100. The zero-order valence-corrected chi connectivity index (χ0v) is 13.9. The molecular formula is C15H17F3O5S. The second-order valence-electron chi connectivity index (χ2n) is 5.05. The maximum atomic E-state index is 12.4. The minimum Gasteiger partial charge on any atom is -0.469 e. The zero-order chi connectivity index (χ0) is 18.5. The topological polar surface area (TPSA) is 69.7 Å². The summed E-state index contributed by atoms with van der Waals surface area (Å²) in [6, 6.07) is 4.00. The number of allylic oxidation sites excluding steroid dienone is 1. The van der Waals surface area contributed by atoms with Crippen LogP contribution in [0.25, 0.3) is 0 Å². The van der Waals surface area contributed by atoms with Gasteiger partial charge >= 0.3 is 21.6 Å². The first kappa shape index (κ1) is 20.0. The van der Waals surface area contributed by atoms with Crippen molar-refractivity contribution in [3.63, 3.8) is 0 Å². The van der Waals surface area contributed by atoms with Gasteiger partial charge in [0.2, 0.25) is 0 Å². The third-order valence-corrected chi connectivity index (χ3v) is 4.08. The molecule has 1 unspecified atom stereocenters. The molecule has 0 aliphatic carbocycles. The third kappa shape index (κ3) is 4.98. The number of alkyl halides is 3. The number of benzene rings is 1. The Hall–Kier alpha value is -2.03. The summed E-state index contributed by atoms with van der Waals surface area (Å²) >= 11 is 0. The van der Waals surface area contributed by atoms with E-state index in [2.05, 4.69) is 15.5 Å². The molecule has 5 nitrogen and oxygen atoms in total. The lowest BCUT2D eigenvalue weighted by Gasteiger charge is -2.14. The maximum absolute atomic E-state index is 12.4. The van der Waals surface area contributed by atoms with Crippen molar-refractivity contribution in [1.82, 2.24) is 0 Å².